The maximum atomic E-state index is 13.6. The van der Waals surface area contributed by atoms with E-state index in [0.29, 0.717) is 122 Å². The van der Waals surface area contributed by atoms with Crippen molar-refractivity contribution in [2.75, 3.05) is 58.5 Å². The average molecular weight is 1970 g/mol. The van der Waals surface area contributed by atoms with Gasteiger partial charge in [-0.3, -0.25) is 24.6 Å². The molecule has 6 unspecified atom stereocenters. The molecule has 0 aliphatic heterocycles. The summed E-state index contributed by atoms with van der Waals surface area (Å²) in [6.45, 7) is 20.1. The van der Waals surface area contributed by atoms with Crippen LogP contribution in [-0.4, -0.2) is 160 Å². The van der Waals surface area contributed by atoms with Gasteiger partial charge in [0.05, 0.1) is 83.0 Å². The highest BCUT2D eigenvalue weighted by Gasteiger charge is 2.45. The van der Waals surface area contributed by atoms with Crippen LogP contribution in [0.4, 0.5) is 5.13 Å². The summed E-state index contributed by atoms with van der Waals surface area (Å²) < 4.78 is 88.4. The van der Waals surface area contributed by atoms with Gasteiger partial charge in [-0.05, 0) is 221 Å². The quantitative estimate of drug-likeness (QED) is 0.00541. The summed E-state index contributed by atoms with van der Waals surface area (Å²) in [7, 11) is 0. The molecular weight excluding hydrogens is 1860 g/mol. The second kappa shape index (κ2) is 56.0. The van der Waals surface area contributed by atoms with Gasteiger partial charge in [0.15, 0.2) is 12.2 Å². The Morgan fingerprint density at radius 3 is 1.41 bits per heavy atom. The van der Waals surface area contributed by atoms with Gasteiger partial charge < -0.3 is 75.8 Å². The Labute approximate surface area is 830 Å². The van der Waals surface area contributed by atoms with Crippen LogP contribution in [0, 0.1) is 47.3 Å². The van der Waals surface area contributed by atoms with Gasteiger partial charge in [0.1, 0.15) is 71.6 Å². The number of fused-ring (bicyclic) bond motifs is 4. The van der Waals surface area contributed by atoms with Gasteiger partial charge in [0.2, 0.25) is 11.9 Å². The lowest BCUT2D eigenvalue weighted by Crippen LogP contribution is -2.30. The third kappa shape index (κ3) is 33.4. The number of ether oxygens (including phenoxy) is 16. The van der Waals surface area contributed by atoms with E-state index < -0.39 is 108 Å². The van der Waals surface area contributed by atoms with Crippen molar-refractivity contribution in [2.24, 2.45) is 62.6 Å². The third-order valence-corrected chi connectivity index (χ3v) is 23.5. The Morgan fingerprint density at radius 1 is 0.406 bits per heavy atom. The molecule has 143 heavy (non-hydrogen) atoms. The molecule has 6 atom stereocenters. The van der Waals surface area contributed by atoms with Gasteiger partial charge in [-0.2, -0.15) is 15.3 Å². The van der Waals surface area contributed by atoms with Gasteiger partial charge in [-0.1, -0.05) is 132 Å². The highest BCUT2D eigenvalue weighted by Crippen LogP contribution is 2.46. The van der Waals surface area contributed by atoms with Crippen molar-refractivity contribution in [3.05, 3.63) is 310 Å². The molecule has 0 amide bonds. The Morgan fingerprint density at radius 2 is 0.853 bits per heavy atom. The van der Waals surface area contributed by atoms with Crippen molar-refractivity contribution in [2.45, 2.75) is 97.7 Å². The van der Waals surface area contributed by atoms with Crippen LogP contribution in [0.15, 0.2) is 298 Å². The van der Waals surface area contributed by atoms with Crippen molar-refractivity contribution in [1.29, 1.82) is 0 Å². The summed E-state index contributed by atoms with van der Waals surface area (Å²) >= 11 is 1.41. The van der Waals surface area contributed by atoms with Crippen LogP contribution in [0.25, 0.3) is 10.2 Å². The molecule has 0 spiro atoms. The molecule has 1 aromatic heterocycles. The highest BCUT2D eigenvalue weighted by molar-refractivity contribution is 7.22. The standard InChI is InChI=1S/C54H51N3O15S.C53H52N2O13.2CH4/c1-4-47(58)66-32-43(68-49(60)6-3)31-65-38-19-21-40(22-20-38)69-50(61)33-11-13-35(14-12-33)52(63)71-42-27-28-45(37(29-42)30-55-57-54-56-44-9-7-8-10-46(44)73-54)72-53(64)36-17-15-34(16-18-36)51(62)70-41-25-23-39(24-26-41)67-48(59)5-2;1-4-48(56)62-29-12-11-28-61-33-42(67-50(58)6-3)34-64-40-22-20-38(21-23-40)53(60)68-47-26-17-36(27-30-63-52(59)37-18-24-41(25-19-37)65-35-66-49(57)5-2)31-39(47)32-54-55-51-45-15-9-7-13-43(45)44-14-8-10-16-46(44)51;;/h4-10,19-30,33-36,43H,1-3,11-18,31-32H2,(H,56,57);4-10,13-26,31-32,42-46H,1-3,11-12,27-30,33-35H2;2*1H4/b55-30+;54-32+,55-51?;;. The Bertz CT molecular complexity index is 6010. The molecule has 13 rings (SSSR count). The minimum absolute atomic E-state index is 0. The van der Waals surface area contributed by atoms with E-state index in [-0.39, 0.29) is 119 Å². The van der Waals surface area contributed by atoms with E-state index in [9.17, 15) is 57.5 Å². The number of unbranched alkanes of at least 4 members (excludes halogenated alkanes) is 1. The number of hydrogen-bond acceptors (Lipinski definition) is 34. The number of nitrogens with one attached hydrogen (secondary N) is 1. The van der Waals surface area contributed by atoms with Gasteiger partial charge in [0, 0.05) is 72.4 Å². The molecule has 0 radical (unpaired) electrons. The summed E-state index contributed by atoms with van der Waals surface area (Å²) in [5, 5.41) is 14.2. The molecule has 3 saturated carbocycles. The lowest BCUT2D eigenvalue weighted by Gasteiger charge is -2.26. The molecule has 8 aromatic rings. The lowest BCUT2D eigenvalue weighted by molar-refractivity contribution is -0.154. The van der Waals surface area contributed by atoms with E-state index in [0.717, 1.165) is 57.9 Å². The predicted molar refractivity (Wildman–Crippen MR) is 532 cm³/mol. The number of aromatic nitrogens is 1. The number of carbonyl (C=O) groups is 12. The number of esters is 12. The van der Waals surface area contributed by atoms with E-state index in [1.54, 1.807) is 91.1 Å². The van der Waals surface area contributed by atoms with Gasteiger partial charge in [-0.25, -0.2) is 43.3 Å². The maximum Gasteiger partial charge on any atom is 0.343 e. The summed E-state index contributed by atoms with van der Waals surface area (Å²) in [6, 6.07) is 42.2. The molecule has 33 nitrogen and oxygen atoms in total. The average Bonchev–Trinajstić information content (AvgIpc) is 1.61. The number of para-hydroxylation sites is 1. The first-order chi connectivity index (χ1) is 68.5. The smallest absolute Gasteiger partial charge is 0.343 e. The number of hydrazone groups is 1. The van der Waals surface area contributed by atoms with Crippen molar-refractivity contribution in [1.82, 2.24) is 4.98 Å². The number of carbonyl (C=O) groups excluding carboxylic acids is 12. The van der Waals surface area contributed by atoms with E-state index in [1.807, 2.05) is 36.4 Å². The van der Waals surface area contributed by atoms with E-state index in [1.165, 1.54) is 66.1 Å². The van der Waals surface area contributed by atoms with Crippen molar-refractivity contribution in [3.63, 3.8) is 0 Å². The summed E-state index contributed by atoms with van der Waals surface area (Å²) in [6.07, 6.45) is 29.1. The lowest BCUT2D eigenvalue weighted by atomic mass is 9.82. The minimum atomic E-state index is -0.919. The molecule has 746 valence electrons. The van der Waals surface area contributed by atoms with Gasteiger partial charge in [-0.15, -0.1) is 0 Å². The molecular formula is C109H111N5O28S. The summed E-state index contributed by atoms with van der Waals surface area (Å²) in [5.41, 5.74) is 6.80. The molecule has 0 saturated heterocycles. The van der Waals surface area contributed by atoms with Gasteiger partial charge >= 0.3 is 71.6 Å². The molecule has 3 fully saturated rings. The van der Waals surface area contributed by atoms with Crippen LogP contribution < -0.4 is 48.1 Å². The van der Waals surface area contributed by atoms with Crippen LogP contribution in [-0.2, 0) is 87.5 Å². The number of thiazole rings is 1. The van der Waals surface area contributed by atoms with E-state index in [4.69, 9.17) is 80.9 Å². The molecule has 0 bridgehead atoms. The second-order valence-electron chi connectivity index (χ2n) is 32.2. The van der Waals surface area contributed by atoms with Crippen molar-refractivity contribution < 1.29 is 133 Å². The zero-order chi connectivity index (χ0) is 99.8. The molecule has 1 heterocycles. The molecule has 5 aliphatic rings. The molecule has 1 N–H and O–H groups in total. The number of hydrogen-bond donors (Lipinski definition) is 1. The number of rotatable bonds is 46. The van der Waals surface area contributed by atoms with Crippen LogP contribution in [0.2, 0.25) is 0 Å². The minimum Gasteiger partial charge on any atom is -0.490 e. The Hall–Kier alpha value is -16.4. The zero-order valence-electron chi connectivity index (χ0n) is 76.8. The number of allylic oxidation sites excluding steroid dienone is 8. The first kappa shape index (κ1) is 109. The summed E-state index contributed by atoms with van der Waals surface area (Å²) in [4.78, 5) is 153. The normalized spacial score (nSPS) is 17.5. The van der Waals surface area contributed by atoms with Crippen LogP contribution in [0.3, 0.4) is 0 Å². The SMILES string of the molecule is C.C.C=CC(=O)OCC(COc1ccc(OC(=O)C2CCC(C(=O)Oc3ccc(OC(=O)C4CCC(C(=O)Oc5ccc(OC(=O)C=C)cc5)CC4)c(/C=N/Nc4nc5ccccc5s4)c3)CC2)cc1)OC(=O)C=C.C=CC(=O)OCCCCOCC(COc1ccc(C(=O)Oc2ccc(CCOC(=O)c3ccc(OCOC(=O)C=C)cc3)cc2/C=N/N=C2C3C=CC=CC3C3C=CC=CC23)cc1)OC(=O)C=C. The largest absolute Gasteiger partial charge is 0.490 e. The highest BCUT2D eigenvalue weighted by atomic mass is 32.1. The first-order valence-electron chi connectivity index (χ1n) is 45.2. The molecule has 5 aliphatic carbocycles. The molecule has 7 aromatic carbocycles. The van der Waals surface area contributed by atoms with Crippen LogP contribution in [0.1, 0.15) is 116 Å². The van der Waals surface area contributed by atoms with E-state index in [2.05, 4.69) is 96.5 Å². The van der Waals surface area contributed by atoms with Gasteiger partial charge in [0.25, 0.3) is 0 Å². The molecule has 34 heteroatoms. The van der Waals surface area contributed by atoms with Crippen molar-refractivity contribution in [3.8, 4) is 51.7 Å². The van der Waals surface area contributed by atoms with E-state index >= 15 is 0 Å². The fraction of sp³-hybridized carbons (Fsp3) is 0.284. The first-order valence-corrected chi connectivity index (χ1v) is 46.1. The van der Waals surface area contributed by atoms with Crippen LogP contribution >= 0.6 is 11.3 Å². The third-order valence-electron chi connectivity index (χ3n) is 22.6. The number of nitrogens with zero attached hydrogens (tertiary/aromatic N) is 4. The fourth-order valence-electron chi connectivity index (χ4n) is 15.3. The second-order valence-corrected chi connectivity index (χ2v) is 33.2. The maximum absolute atomic E-state index is 13.6. The van der Waals surface area contributed by atoms with Crippen LogP contribution in [0.5, 0.6) is 51.7 Å². The topological polar surface area (TPSA) is 415 Å². The Balaban J connectivity index is 0.000000290. The monoisotopic (exact) mass is 1970 g/mol. The summed E-state index contributed by atoms with van der Waals surface area (Å²) in [5.74, 6) is -5.33. The number of anilines is 1. The zero-order valence-corrected chi connectivity index (χ0v) is 77.6. The number of benzene rings is 7. The van der Waals surface area contributed by atoms with Crippen molar-refractivity contribution >= 4 is 116 Å². The Kier molecular flexibility index (Phi) is 42.6. The predicted octanol–water partition coefficient (Wildman–Crippen LogP) is 17.8. The fourth-order valence-corrected chi connectivity index (χ4v) is 16.1.